The summed E-state index contributed by atoms with van der Waals surface area (Å²) < 4.78 is 35.9. The third-order valence-corrected chi connectivity index (χ3v) is 9.28. The fourth-order valence-electron chi connectivity index (χ4n) is 6.64. The highest BCUT2D eigenvalue weighted by atomic mass is 16.6. The van der Waals surface area contributed by atoms with E-state index in [2.05, 4.69) is 14.7 Å². The zero-order valence-electron chi connectivity index (χ0n) is 27.2. The lowest BCUT2D eigenvalue weighted by atomic mass is 10.1. The lowest BCUT2D eigenvalue weighted by molar-refractivity contribution is -0.0597. The minimum absolute atomic E-state index is 0.0952. The Bertz CT molecular complexity index is 1270. The topological polar surface area (TPSA) is 126 Å². The van der Waals surface area contributed by atoms with Crippen LogP contribution in [-0.4, -0.2) is 145 Å². The van der Waals surface area contributed by atoms with Crippen molar-refractivity contribution >= 4 is 0 Å². The van der Waals surface area contributed by atoms with Gasteiger partial charge >= 0.3 is 0 Å². The van der Waals surface area contributed by atoms with Gasteiger partial charge in [0.25, 0.3) is 0 Å². The summed E-state index contributed by atoms with van der Waals surface area (Å²) in [6.07, 6.45) is 0. The van der Waals surface area contributed by atoms with Crippen LogP contribution in [0.25, 0.3) is 0 Å². The van der Waals surface area contributed by atoms with Crippen LogP contribution in [0.5, 0.6) is 34.5 Å². The molecule has 48 heavy (non-hydrogen) atoms. The highest BCUT2D eigenvalue weighted by Crippen LogP contribution is 2.33. The molecule has 0 aromatic heterocycles. The maximum absolute atomic E-state index is 11.7. The number of fused-ring (bicyclic) bond motifs is 3. The van der Waals surface area contributed by atoms with E-state index in [-0.39, 0.29) is 39.6 Å². The number of rotatable bonds is 6. The smallest absolute Gasteiger partial charge is 0.161 e. The van der Waals surface area contributed by atoms with Crippen LogP contribution in [0.1, 0.15) is 0 Å². The van der Waals surface area contributed by atoms with Crippen molar-refractivity contribution in [3.63, 3.8) is 0 Å². The van der Waals surface area contributed by atoms with Crippen molar-refractivity contribution < 1.29 is 43.7 Å². The van der Waals surface area contributed by atoms with Crippen LogP contribution in [-0.2, 0) is 0 Å². The van der Waals surface area contributed by atoms with E-state index in [9.17, 15) is 15.3 Å². The average Bonchev–Trinajstić information content (AvgIpc) is 3.43. The first-order valence-corrected chi connectivity index (χ1v) is 16.6. The summed E-state index contributed by atoms with van der Waals surface area (Å²) in [7, 11) is 0. The predicted octanol–water partition coefficient (Wildman–Crippen LogP) is 1.51. The summed E-state index contributed by atoms with van der Waals surface area (Å²) in [5, 5.41) is 35.1. The zero-order valence-corrected chi connectivity index (χ0v) is 27.2. The lowest BCUT2D eigenvalue weighted by Crippen LogP contribution is -2.54. The Morgan fingerprint density at radius 2 is 0.562 bits per heavy atom. The molecule has 4 aliphatic rings. The molecule has 1 saturated heterocycles. The van der Waals surface area contributed by atoms with Crippen molar-refractivity contribution in [2.45, 2.75) is 16.8 Å². The van der Waals surface area contributed by atoms with Crippen LogP contribution in [0.3, 0.4) is 0 Å². The van der Waals surface area contributed by atoms with Crippen LogP contribution in [0, 0.1) is 0 Å². The Morgan fingerprint density at radius 3 is 0.750 bits per heavy atom. The van der Waals surface area contributed by atoms with Gasteiger partial charge in [-0.05, 0) is 36.4 Å². The van der Waals surface area contributed by atoms with Gasteiger partial charge in [-0.3, -0.25) is 14.7 Å². The van der Waals surface area contributed by atoms with Crippen LogP contribution in [0.15, 0.2) is 72.8 Å². The molecule has 3 N–H and O–H groups in total. The van der Waals surface area contributed by atoms with Gasteiger partial charge in [0.1, 0.15) is 56.4 Å². The fourth-order valence-corrected chi connectivity index (χ4v) is 6.64. The van der Waals surface area contributed by atoms with E-state index in [0.29, 0.717) is 93.4 Å². The number of hydrogen-bond acceptors (Lipinski definition) is 12. The van der Waals surface area contributed by atoms with Crippen molar-refractivity contribution in [2.24, 2.45) is 0 Å². The second-order valence-electron chi connectivity index (χ2n) is 13.6. The molecule has 0 unspecified atom stereocenters. The van der Waals surface area contributed by atoms with Gasteiger partial charge in [-0.2, -0.15) is 0 Å². The lowest BCUT2D eigenvalue weighted by Gasteiger charge is -2.35. The monoisotopic (exact) mass is 663 g/mol. The second-order valence-corrected chi connectivity index (χ2v) is 13.6. The first-order valence-electron chi connectivity index (χ1n) is 16.6. The third-order valence-electron chi connectivity index (χ3n) is 9.28. The van der Waals surface area contributed by atoms with Gasteiger partial charge in [0.05, 0.1) is 0 Å². The maximum atomic E-state index is 11.7. The highest BCUT2D eigenvalue weighted by Gasteiger charge is 2.39. The second kappa shape index (κ2) is 14.0. The van der Waals surface area contributed by atoms with Crippen LogP contribution < -0.4 is 28.4 Å². The van der Waals surface area contributed by atoms with Gasteiger partial charge in [0, 0.05) is 58.9 Å². The molecule has 0 aliphatic carbocycles. The van der Waals surface area contributed by atoms with Gasteiger partial charge in [0.15, 0.2) is 34.5 Å². The molecule has 12 nitrogen and oxygen atoms in total. The molecule has 12 heteroatoms. The van der Waals surface area contributed by atoms with Crippen molar-refractivity contribution in [1.82, 2.24) is 14.7 Å². The first-order chi connectivity index (χ1) is 23.3. The number of hydrogen-bond donors (Lipinski definition) is 3. The molecular formula is C36H45N3O9. The largest absolute Gasteiger partial charge is 0.487 e. The predicted molar refractivity (Wildman–Crippen MR) is 176 cm³/mol. The molecule has 0 bridgehead atoms. The van der Waals surface area contributed by atoms with Crippen LogP contribution in [0.2, 0.25) is 0 Å². The van der Waals surface area contributed by atoms with Crippen molar-refractivity contribution in [2.75, 3.05) is 98.5 Å². The van der Waals surface area contributed by atoms with E-state index < -0.39 is 16.8 Å². The first kappa shape index (κ1) is 32.8. The molecule has 258 valence electrons. The van der Waals surface area contributed by atoms with E-state index in [1.54, 1.807) is 0 Å². The minimum atomic E-state index is -1.25. The van der Waals surface area contributed by atoms with Crippen LogP contribution in [0.4, 0.5) is 0 Å². The van der Waals surface area contributed by atoms with Gasteiger partial charge in [-0.1, -0.05) is 36.4 Å². The Balaban J connectivity index is 1.06. The molecule has 3 aromatic rings. The number of aliphatic hydroxyl groups is 3. The Hall–Kier alpha value is -3.78. The molecule has 0 amide bonds. The molecule has 1 fully saturated rings. The molecule has 0 spiro atoms. The number of nitrogens with zero attached hydrogens (tertiary/aromatic N) is 3. The van der Waals surface area contributed by atoms with Crippen LogP contribution >= 0.6 is 0 Å². The Kier molecular flexibility index (Phi) is 9.54. The fraction of sp³-hybridized carbons (Fsp3) is 0.500. The van der Waals surface area contributed by atoms with E-state index in [1.807, 2.05) is 72.8 Å². The van der Waals surface area contributed by atoms with E-state index in [1.165, 1.54) is 0 Å². The maximum Gasteiger partial charge on any atom is 0.161 e. The Morgan fingerprint density at radius 1 is 0.375 bits per heavy atom. The number of benzene rings is 3. The molecule has 4 aliphatic heterocycles. The summed E-state index contributed by atoms with van der Waals surface area (Å²) in [4.78, 5) is 6.61. The number of β-amino-alcohol motifs (C(OH)–C–C–N with tert-alkyl or cyclic N) is 3. The highest BCUT2D eigenvalue weighted by molar-refractivity contribution is 5.41. The van der Waals surface area contributed by atoms with Crippen molar-refractivity contribution in [1.29, 1.82) is 0 Å². The van der Waals surface area contributed by atoms with Crippen molar-refractivity contribution in [3.8, 4) is 34.5 Å². The number of ether oxygens (including phenoxy) is 6. The molecule has 0 saturated carbocycles. The normalized spacial score (nSPS) is 22.6. The third kappa shape index (κ3) is 7.91. The molecule has 4 heterocycles. The summed E-state index contributed by atoms with van der Waals surface area (Å²) >= 11 is 0. The molecule has 0 atom stereocenters. The van der Waals surface area contributed by atoms with Gasteiger partial charge in [-0.15, -0.1) is 0 Å². The minimum Gasteiger partial charge on any atom is -0.487 e. The molecule has 3 aromatic carbocycles. The van der Waals surface area contributed by atoms with E-state index in [0.717, 1.165) is 0 Å². The van der Waals surface area contributed by atoms with Gasteiger partial charge in [-0.25, -0.2) is 0 Å². The summed E-state index contributed by atoms with van der Waals surface area (Å²) in [6, 6.07) is 22.3. The number of para-hydroxylation sites is 6. The van der Waals surface area contributed by atoms with Crippen molar-refractivity contribution in [3.05, 3.63) is 72.8 Å². The van der Waals surface area contributed by atoms with Gasteiger partial charge in [0.2, 0.25) is 0 Å². The summed E-state index contributed by atoms with van der Waals surface area (Å²) in [5.74, 6) is 3.68. The van der Waals surface area contributed by atoms with Gasteiger partial charge < -0.3 is 43.7 Å². The quantitative estimate of drug-likeness (QED) is 0.354. The SMILES string of the molecule is OC1(CN2CCN(CC3(O)COc4ccccc4OC3)CCN(CC3(O)COc4ccccc4OC3)CC2)COc2ccccc2OC1. The van der Waals surface area contributed by atoms with E-state index >= 15 is 0 Å². The molecule has 7 rings (SSSR count). The zero-order chi connectivity index (χ0) is 33.0. The molecular weight excluding hydrogens is 618 g/mol. The molecule has 0 radical (unpaired) electrons. The summed E-state index contributed by atoms with van der Waals surface area (Å²) in [6.45, 7) is 5.32. The average molecular weight is 664 g/mol. The summed E-state index contributed by atoms with van der Waals surface area (Å²) in [5.41, 5.74) is -3.74. The van der Waals surface area contributed by atoms with E-state index in [4.69, 9.17) is 28.4 Å². The Labute approximate surface area is 280 Å². The standard InChI is InChI=1S/C36H45N3O9/c40-34(22-43-28-7-1-2-8-29(28)44-23-34)19-37-13-15-38(20-35(41)24-45-30-9-3-4-10-31(30)46-25-35)17-18-39(16-14-37)21-36(42)26-47-32-11-5-6-12-33(32)48-27-36/h1-12,40-42H,13-27H2.